The van der Waals surface area contributed by atoms with Gasteiger partial charge >= 0.3 is 0 Å². The maximum atomic E-state index is 11.0. The average Bonchev–Trinajstić information content (AvgIpc) is 1.49. The molecule has 12 heavy (non-hydrogen) atoms. The summed E-state index contributed by atoms with van der Waals surface area (Å²) < 4.78 is 22.5. The molecule has 0 aliphatic carbocycles. The summed E-state index contributed by atoms with van der Waals surface area (Å²) in [5.41, 5.74) is 0. The van der Waals surface area contributed by atoms with E-state index >= 15 is 0 Å². The first-order chi connectivity index (χ1) is 5.07. The van der Waals surface area contributed by atoms with E-state index in [4.69, 9.17) is 9.79 Å². The van der Waals surface area contributed by atoms with Crippen molar-refractivity contribution in [1.29, 1.82) is 0 Å². The predicted molar refractivity (Wildman–Crippen MR) is 50.5 cm³/mol. The van der Waals surface area contributed by atoms with Gasteiger partial charge in [0.2, 0.25) is 10.0 Å². The Morgan fingerprint density at radius 2 is 1.75 bits per heavy atom. The lowest BCUT2D eigenvalue weighted by Crippen LogP contribution is -2.32. The second kappa shape index (κ2) is 3.69. The van der Waals surface area contributed by atoms with E-state index in [9.17, 15) is 8.42 Å². The third-order valence-corrected chi connectivity index (χ3v) is 5.53. The highest BCUT2D eigenvalue weighted by molar-refractivity contribution is 8.12. The molecular weight excluding hydrogens is 221 g/mol. The Labute approximate surface area is 77.3 Å². The van der Waals surface area contributed by atoms with Gasteiger partial charge in [-0.05, 0) is 25.7 Å². The normalized spacial score (nSPS) is 14.2. The van der Waals surface area contributed by atoms with E-state index in [2.05, 4.69) is 11.8 Å². The zero-order chi connectivity index (χ0) is 10.2. The molecule has 0 aliphatic heterocycles. The monoisotopic (exact) mass is 233 g/mol. The van der Waals surface area contributed by atoms with Gasteiger partial charge in [0.05, 0.1) is 6.26 Å². The van der Waals surface area contributed by atoms with Crippen molar-refractivity contribution < 1.29 is 18.2 Å². The Bertz CT molecular complexity index is 292. The minimum Gasteiger partial charge on any atom is -0.333 e. The molecule has 5 nitrogen and oxygen atoms in total. The molecule has 0 rings (SSSR count). The fourth-order valence-corrected chi connectivity index (χ4v) is 5.45. The average molecular weight is 233 g/mol. The lowest BCUT2D eigenvalue weighted by Gasteiger charge is -2.26. The lowest BCUT2D eigenvalue weighted by atomic mass is 10.4. The fraction of sp³-hybridized carbons (Fsp3) is 1.00. The van der Waals surface area contributed by atoms with Gasteiger partial charge in [0.15, 0.2) is 0 Å². The molecular formula is C4H12NO4PS2. The van der Waals surface area contributed by atoms with Gasteiger partial charge in [-0.15, -0.1) is 4.08 Å². The van der Waals surface area contributed by atoms with Gasteiger partial charge in [0, 0.05) is 6.04 Å². The standard InChI is InChI=1S/C4H12NO4PS2/c1-4(2)5(10(6,7)11)12(3,8)9/h4H,1-3H3,(H2,6,7,11). The summed E-state index contributed by atoms with van der Waals surface area (Å²) in [5, 5.41) is 0. The topological polar surface area (TPSA) is 77.8 Å². The zero-order valence-corrected chi connectivity index (χ0v) is 9.53. The third kappa shape index (κ3) is 3.47. The van der Waals surface area contributed by atoms with E-state index in [-0.39, 0.29) is 0 Å². The molecule has 74 valence electrons. The van der Waals surface area contributed by atoms with Gasteiger partial charge in [-0.3, -0.25) is 0 Å². The van der Waals surface area contributed by atoms with Crippen molar-refractivity contribution in [3.63, 3.8) is 0 Å². The van der Waals surface area contributed by atoms with E-state index in [0.717, 1.165) is 6.26 Å². The van der Waals surface area contributed by atoms with Crippen molar-refractivity contribution in [3.05, 3.63) is 0 Å². The second-order valence-electron chi connectivity index (χ2n) is 2.64. The molecule has 8 heteroatoms. The first-order valence-corrected chi connectivity index (χ1v) is 7.63. The number of hydrogen-bond donors (Lipinski definition) is 2. The van der Waals surface area contributed by atoms with Crippen molar-refractivity contribution in [2.45, 2.75) is 19.9 Å². The summed E-state index contributed by atoms with van der Waals surface area (Å²) in [6.45, 7) is -0.830. The van der Waals surface area contributed by atoms with Crippen molar-refractivity contribution in [3.8, 4) is 0 Å². The molecule has 0 bridgehead atoms. The lowest BCUT2D eigenvalue weighted by molar-refractivity contribution is 0.381. The zero-order valence-electron chi connectivity index (χ0n) is 7.00. The minimum absolute atomic E-state index is 0.541. The summed E-state index contributed by atoms with van der Waals surface area (Å²) in [5.74, 6) is 0. The van der Waals surface area contributed by atoms with Crippen molar-refractivity contribution in [2.75, 3.05) is 6.26 Å². The van der Waals surface area contributed by atoms with Crippen LogP contribution in [0.1, 0.15) is 13.8 Å². The van der Waals surface area contributed by atoms with E-state index in [0.29, 0.717) is 4.08 Å². The first kappa shape index (κ1) is 12.5. The molecule has 0 saturated carbocycles. The van der Waals surface area contributed by atoms with Crippen LogP contribution in [0.4, 0.5) is 0 Å². The quantitative estimate of drug-likeness (QED) is 0.664. The van der Waals surface area contributed by atoms with E-state index in [1.165, 1.54) is 13.8 Å². The molecule has 0 amide bonds. The van der Waals surface area contributed by atoms with Crippen LogP contribution in [0.15, 0.2) is 0 Å². The summed E-state index contributed by atoms with van der Waals surface area (Å²) in [4.78, 5) is 18.0. The number of sulfonamides is 1. The number of hydrogen-bond acceptors (Lipinski definition) is 3. The van der Waals surface area contributed by atoms with Gasteiger partial charge in [-0.2, -0.15) is 0 Å². The van der Waals surface area contributed by atoms with Crippen LogP contribution in [0.2, 0.25) is 0 Å². The first-order valence-electron chi connectivity index (χ1n) is 3.12. The molecule has 0 atom stereocenters. The predicted octanol–water partition coefficient (Wildman–Crippen LogP) is -0.134. The highest BCUT2D eigenvalue weighted by atomic mass is 32.5. The van der Waals surface area contributed by atoms with Crippen LogP contribution in [-0.4, -0.2) is 34.6 Å². The highest BCUT2D eigenvalue weighted by Crippen LogP contribution is 2.44. The highest BCUT2D eigenvalue weighted by Gasteiger charge is 2.32. The SMILES string of the molecule is CC(C)N(P(O)(O)=S)S(C)(=O)=O. The fourth-order valence-electron chi connectivity index (χ4n) is 0.877. The van der Waals surface area contributed by atoms with E-state index in [1.807, 2.05) is 0 Å². The van der Waals surface area contributed by atoms with Crippen LogP contribution in [-0.2, 0) is 21.8 Å². The van der Waals surface area contributed by atoms with Crippen LogP contribution in [0.3, 0.4) is 0 Å². The molecule has 2 N–H and O–H groups in total. The van der Waals surface area contributed by atoms with Crippen molar-refractivity contribution >= 4 is 28.5 Å². The van der Waals surface area contributed by atoms with Gasteiger partial charge in [0.25, 0.3) is 6.64 Å². The molecule has 0 heterocycles. The Morgan fingerprint density at radius 3 is 1.75 bits per heavy atom. The summed E-state index contributed by atoms with van der Waals surface area (Å²) in [6.07, 6.45) is 0.889. The maximum absolute atomic E-state index is 11.0. The van der Waals surface area contributed by atoms with Crippen LogP contribution in [0.25, 0.3) is 0 Å². The van der Waals surface area contributed by atoms with Crippen molar-refractivity contribution in [2.24, 2.45) is 0 Å². The molecule has 0 aromatic heterocycles. The Morgan fingerprint density at radius 1 is 1.42 bits per heavy atom. The molecule has 0 saturated heterocycles. The molecule has 0 aromatic carbocycles. The Hall–Kier alpha value is 0.480. The Kier molecular flexibility index (Phi) is 3.84. The smallest absolute Gasteiger partial charge is 0.272 e. The molecule has 0 fully saturated rings. The summed E-state index contributed by atoms with van der Waals surface area (Å²) >= 11 is 4.30. The van der Waals surface area contributed by atoms with Gasteiger partial charge in [0.1, 0.15) is 0 Å². The van der Waals surface area contributed by atoms with Gasteiger partial charge < -0.3 is 9.79 Å². The molecule has 0 aliphatic rings. The van der Waals surface area contributed by atoms with Crippen LogP contribution >= 0.6 is 6.64 Å². The van der Waals surface area contributed by atoms with Gasteiger partial charge in [-0.25, -0.2) is 8.42 Å². The molecule has 0 spiro atoms. The van der Waals surface area contributed by atoms with Gasteiger partial charge in [-0.1, -0.05) is 0 Å². The number of rotatable bonds is 3. The summed E-state index contributed by atoms with van der Waals surface area (Å²) in [7, 11) is -3.64. The second-order valence-corrected chi connectivity index (χ2v) is 7.70. The Balaban J connectivity index is 5.11. The van der Waals surface area contributed by atoms with Crippen molar-refractivity contribution in [1.82, 2.24) is 4.08 Å². The largest absolute Gasteiger partial charge is 0.333 e. The molecule has 0 aromatic rings. The maximum Gasteiger partial charge on any atom is 0.272 e. The van der Waals surface area contributed by atoms with Crippen LogP contribution < -0.4 is 0 Å². The molecule has 0 unspecified atom stereocenters. The van der Waals surface area contributed by atoms with E-state index < -0.39 is 22.7 Å². The molecule has 0 radical (unpaired) electrons. The minimum atomic E-state index is -3.87. The summed E-state index contributed by atoms with van der Waals surface area (Å²) in [6, 6.07) is -0.541. The van der Waals surface area contributed by atoms with Crippen LogP contribution in [0, 0.1) is 0 Å². The third-order valence-electron chi connectivity index (χ3n) is 1.04. The van der Waals surface area contributed by atoms with E-state index in [1.54, 1.807) is 0 Å². The number of nitrogens with zero attached hydrogens (tertiary/aromatic N) is 1. The van der Waals surface area contributed by atoms with Crippen LogP contribution in [0.5, 0.6) is 0 Å².